The van der Waals surface area contributed by atoms with Crippen LogP contribution in [0.15, 0.2) is 468 Å². The third-order valence-electron chi connectivity index (χ3n) is 24.2. The van der Waals surface area contributed by atoms with Gasteiger partial charge in [0.2, 0.25) is 0 Å². The summed E-state index contributed by atoms with van der Waals surface area (Å²) < 4.78 is 9.43. The molecular formula is C117H77N13. The number of para-hydroxylation sites is 8. The minimum atomic E-state index is 0.574. The molecule has 10 aromatic heterocycles. The maximum atomic E-state index is 5.33. The van der Waals surface area contributed by atoms with Crippen molar-refractivity contribution in [1.82, 2.24) is 63.1 Å². The molecular weight excluding hydrogens is 1590 g/mol. The van der Waals surface area contributed by atoms with E-state index in [-0.39, 0.29) is 0 Å². The lowest BCUT2D eigenvalue weighted by Gasteiger charge is -2.16. The third kappa shape index (κ3) is 14.6. The molecule has 0 saturated carbocycles. The molecule has 25 rings (SSSR count). The molecule has 10 heterocycles. The highest BCUT2D eigenvalue weighted by Gasteiger charge is 2.23. The van der Waals surface area contributed by atoms with Crippen molar-refractivity contribution in [2.75, 3.05) is 0 Å². The Morgan fingerprint density at radius 1 is 0.131 bits per heavy atom. The van der Waals surface area contributed by atoms with E-state index in [0.29, 0.717) is 17.5 Å². The predicted octanol–water partition coefficient (Wildman–Crippen LogP) is 28.7. The zero-order chi connectivity index (χ0) is 86.2. The molecule has 13 nitrogen and oxygen atoms in total. The van der Waals surface area contributed by atoms with Crippen LogP contribution in [-0.4, -0.2) is 63.1 Å². The predicted molar refractivity (Wildman–Crippen MR) is 531 cm³/mol. The summed E-state index contributed by atoms with van der Waals surface area (Å²) in [5.74, 6) is 1.95. The van der Waals surface area contributed by atoms with Crippen LogP contribution in [0.2, 0.25) is 0 Å². The van der Waals surface area contributed by atoms with Gasteiger partial charge in [-0.15, -0.1) is 0 Å². The van der Waals surface area contributed by atoms with Crippen LogP contribution in [-0.2, 0) is 0 Å². The molecule has 0 aliphatic rings. The minimum Gasteiger partial charge on any atom is -0.309 e. The van der Waals surface area contributed by atoms with E-state index >= 15 is 0 Å². The Bertz CT molecular complexity index is 7750. The highest BCUT2D eigenvalue weighted by atomic mass is 15.0. The molecule has 0 aliphatic carbocycles. The molecule has 610 valence electrons. The molecule has 0 amide bonds. The normalized spacial score (nSPS) is 11.4. The quantitative estimate of drug-likeness (QED) is 0.104. The standard InChI is InChI=1S/C52H34N4.C33H22N4.C32H21N5/c1-3-15-35(16-4-1)36-27-29-37(30-28-36)46-34-47(54-52(53-46)38-17-5-2-6-18-38)39-31-40(55-48-23-11-7-19-42(48)43-20-8-12-24-49(43)55)33-41(32-39)56-50-25-13-9-21-44(50)45-22-10-14-26-51(45)56;1-2-10-24(11-3-1)33-35-29(22-30(36-33)28-14-8-9-21-34-28)23-17-19-25(20-18-23)37-31-15-6-4-12-26(31)27-13-5-7-16-32(27)37;1-3-13-30-24(9-1)25-10-2-4-14-31(25)37(30)23-17-15-22(16-18-23)28-21-29(26-11-5-7-19-33-26)36-32(35-28)27-12-6-8-20-34-27/h1-34H;1-22H;1-21H. The van der Waals surface area contributed by atoms with E-state index in [4.69, 9.17) is 29.9 Å². The van der Waals surface area contributed by atoms with Crippen molar-refractivity contribution in [3.63, 3.8) is 0 Å². The number of rotatable bonds is 14. The smallest absolute Gasteiger partial charge is 0.179 e. The lowest BCUT2D eigenvalue weighted by atomic mass is 10.0. The topological polar surface area (TPSA) is 136 Å². The number of nitrogens with zero attached hydrogens (tertiary/aromatic N) is 13. The van der Waals surface area contributed by atoms with Gasteiger partial charge in [0.1, 0.15) is 5.69 Å². The molecule has 0 fully saturated rings. The summed E-state index contributed by atoms with van der Waals surface area (Å²) in [6.07, 6.45) is 5.32. The van der Waals surface area contributed by atoms with Gasteiger partial charge in [-0.25, -0.2) is 29.9 Å². The molecule has 25 aromatic rings. The van der Waals surface area contributed by atoms with Gasteiger partial charge < -0.3 is 18.3 Å². The summed E-state index contributed by atoms with van der Waals surface area (Å²) in [5, 5.41) is 9.90. The Morgan fingerprint density at radius 2 is 0.362 bits per heavy atom. The largest absolute Gasteiger partial charge is 0.309 e. The Morgan fingerprint density at radius 3 is 0.685 bits per heavy atom. The van der Waals surface area contributed by atoms with Gasteiger partial charge in [-0.3, -0.25) is 15.0 Å². The fourth-order valence-corrected chi connectivity index (χ4v) is 18.1. The van der Waals surface area contributed by atoms with Gasteiger partial charge in [0, 0.05) is 118 Å². The molecule has 130 heavy (non-hydrogen) atoms. The molecule has 15 aromatic carbocycles. The van der Waals surface area contributed by atoms with Crippen molar-refractivity contribution in [1.29, 1.82) is 0 Å². The number of hydrogen-bond donors (Lipinski definition) is 0. The van der Waals surface area contributed by atoms with Crippen molar-refractivity contribution in [2.24, 2.45) is 0 Å². The maximum Gasteiger partial charge on any atom is 0.179 e. The molecule has 0 saturated heterocycles. The Balaban J connectivity index is 0.000000115. The average Bonchev–Trinajstić information content (AvgIpc) is 1.60. The zero-order valence-electron chi connectivity index (χ0n) is 70.3. The first-order valence-corrected chi connectivity index (χ1v) is 43.5. The SMILES string of the molecule is c1ccc(-c2cc(-c3ccc(-n4c5ccccc5c5ccccc54)cc3)nc(-c3ccccn3)n2)nc1.c1ccc(-c2ccc(-c3cc(-c4cc(-n5c6ccccc6c6ccccc65)cc(-n5c6ccccc6c6ccccc65)c4)nc(-c4ccccc4)n3)cc2)cc1.c1ccc(-c2nc(-c3ccc(-n4c5ccccc5c5ccccc54)cc3)cc(-c3ccccn3)n2)cc1. The van der Waals surface area contributed by atoms with E-state index in [0.717, 1.165) is 129 Å². The Labute approximate surface area is 748 Å². The molecule has 0 spiro atoms. The van der Waals surface area contributed by atoms with E-state index < -0.39 is 0 Å². The van der Waals surface area contributed by atoms with Crippen molar-refractivity contribution in [2.45, 2.75) is 0 Å². The summed E-state index contributed by atoms with van der Waals surface area (Å²) in [6.45, 7) is 0. The van der Waals surface area contributed by atoms with E-state index in [9.17, 15) is 0 Å². The first-order valence-electron chi connectivity index (χ1n) is 43.5. The molecule has 0 atom stereocenters. The number of fused-ring (bicyclic) bond motifs is 12. The summed E-state index contributed by atoms with van der Waals surface area (Å²) in [5.41, 5.74) is 29.4. The first-order chi connectivity index (χ1) is 64.5. The monoisotopic (exact) mass is 1660 g/mol. The van der Waals surface area contributed by atoms with Crippen LogP contribution in [0.25, 0.3) is 223 Å². The van der Waals surface area contributed by atoms with E-state index in [1.54, 1.807) is 18.6 Å². The van der Waals surface area contributed by atoms with Gasteiger partial charge in [0.25, 0.3) is 0 Å². The number of aromatic nitrogens is 13. The Hall–Kier alpha value is -17.8. The van der Waals surface area contributed by atoms with Crippen LogP contribution in [0, 0.1) is 0 Å². The number of hydrogen-bond acceptors (Lipinski definition) is 9. The van der Waals surface area contributed by atoms with Crippen LogP contribution >= 0.6 is 0 Å². The maximum absolute atomic E-state index is 5.33. The number of benzene rings is 15. The second kappa shape index (κ2) is 33.7. The summed E-state index contributed by atoms with van der Waals surface area (Å²) in [6, 6.07) is 156. The molecule has 0 radical (unpaired) electrons. The molecule has 0 N–H and O–H groups in total. The van der Waals surface area contributed by atoms with Gasteiger partial charge >= 0.3 is 0 Å². The average molecular weight is 1660 g/mol. The van der Waals surface area contributed by atoms with Crippen LogP contribution in [0.3, 0.4) is 0 Å². The van der Waals surface area contributed by atoms with Crippen molar-refractivity contribution in [3.05, 3.63) is 468 Å². The van der Waals surface area contributed by atoms with Crippen LogP contribution in [0.1, 0.15) is 0 Å². The highest BCUT2D eigenvalue weighted by molar-refractivity contribution is 6.13. The lowest BCUT2D eigenvalue weighted by Crippen LogP contribution is -2.01. The van der Waals surface area contributed by atoms with Crippen LogP contribution in [0.4, 0.5) is 0 Å². The fourth-order valence-electron chi connectivity index (χ4n) is 18.1. The molecule has 0 bridgehead atoms. The second-order valence-corrected chi connectivity index (χ2v) is 32.0. The fraction of sp³-hybridized carbons (Fsp3) is 0. The number of pyridine rings is 3. The minimum absolute atomic E-state index is 0.574. The summed E-state index contributed by atoms with van der Waals surface area (Å²) in [4.78, 5) is 43.5. The van der Waals surface area contributed by atoms with Gasteiger partial charge in [-0.05, 0) is 157 Å². The van der Waals surface area contributed by atoms with Crippen LogP contribution in [0.5, 0.6) is 0 Å². The zero-order valence-corrected chi connectivity index (χ0v) is 70.3. The molecule has 13 heteroatoms. The van der Waals surface area contributed by atoms with Crippen molar-refractivity contribution in [3.8, 4) is 136 Å². The molecule has 0 unspecified atom stereocenters. The lowest BCUT2D eigenvalue weighted by molar-refractivity contribution is 1.13. The van der Waals surface area contributed by atoms with Crippen molar-refractivity contribution < 1.29 is 0 Å². The second-order valence-electron chi connectivity index (χ2n) is 32.0. The summed E-state index contributed by atoms with van der Waals surface area (Å²) in [7, 11) is 0. The van der Waals surface area contributed by atoms with Gasteiger partial charge in [0.15, 0.2) is 17.5 Å². The third-order valence-corrected chi connectivity index (χ3v) is 24.2. The van der Waals surface area contributed by atoms with E-state index in [1.807, 2.05) is 121 Å². The first kappa shape index (κ1) is 77.0. The Kier molecular flexibility index (Phi) is 20.0. The van der Waals surface area contributed by atoms with Gasteiger partial charge in [-0.1, -0.05) is 303 Å². The summed E-state index contributed by atoms with van der Waals surface area (Å²) >= 11 is 0. The molecule has 0 aliphatic heterocycles. The van der Waals surface area contributed by atoms with E-state index in [1.165, 1.54) is 76.3 Å². The van der Waals surface area contributed by atoms with Crippen molar-refractivity contribution >= 4 is 87.2 Å². The van der Waals surface area contributed by atoms with E-state index in [2.05, 4.69) is 361 Å². The highest BCUT2D eigenvalue weighted by Crippen LogP contribution is 2.42. The van der Waals surface area contributed by atoms with Crippen LogP contribution < -0.4 is 0 Å². The van der Waals surface area contributed by atoms with Gasteiger partial charge in [0.05, 0.1) is 89.7 Å². The van der Waals surface area contributed by atoms with Gasteiger partial charge in [-0.2, -0.15) is 0 Å².